The van der Waals surface area contributed by atoms with Gasteiger partial charge < -0.3 is 24.9 Å². The van der Waals surface area contributed by atoms with Gasteiger partial charge in [0.05, 0.1) is 6.04 Å². The molecule has 146 valence electrons. The van der Waals surface area contributed by atoms with Crippen molar-refractivity contribution in [2.24, 2.45) is 0 Å². The van der Waals surface area contributed by atoms with Gasteiger partial charge in [-0.15, -0.1) is 13.2 Å². The summed E-state index contributed by atoms with van der Waals surface area (Å²) >= 11 is 0. The van der Waals surface area contributed by atoms with Crippen LogP contribution in [-0.4, -0.2) is 33.0 Å². The maximum Gasteiger partial charge on any atom is 0.573 e. The van der Waals surface area contributed by atoms with E-state index in [0.717, 1.165) is 5.56 Å². The quantitative estimate of drug-likeness (QED) is 0.606. The molecule has 1 aromatic carbocycles. The normalized spacial score (nSPS) is 19.3. The van der Waals surface area contributed by atoms with Gasteiger partial charge in [-0.1, -0.05) is 19.1 Å². The summed E-state index contributed by atoms with van der Waals surface area (Å²) in [6.07, 6.45) is -2.97. The summed E-state index contributed by atoms with van der Waals surface area (Å²) < 4.78 is 47.7. The number of nitro groups is 1. The van der Waals surface area contributed by atoms with Gasteiger partial charge in [-0.05, 0) is 29.0 Å². The van der Waals surface area contributed by atoms with Crippen LogP contribution in [0.2, 0.25) is 0 Å². The molecule has 1 aromatic heterocycles. The molecule has 0 spiro atoms. The summed E-state index contributed by atoms with van der Waals surface area (Å²) in [5, 5.41) is 14.1. The number of aromatic nitrogens is 2. The molecule has 11 heteroatoms. The standard InChI is InChI=1S/C16H17F3N4O4/c1-2-13-12(8-22-9-14(23(24)25)21-15(22)26-13)20-7-10-3-5-11(6-4-10)27-16(17,18)19/h3-6,9,12-13,20H,2,7-8H2,1H3. The fourth-order valence-corrected chi connectivity index (χ4v) is 2.87. The molecule has 2 heterocycles. The highest BCUT2D eigenvalue weighted by atomic mass is 19.4. The van der Waals surface area contributed by atoms with Gasteiger partial charge in [0, 0.05) is 18.1 Å². The number of hydrogen-bond acceptors (Lipinski definition) is 6. The molecule has 0 fully saturated rings. The molecule has 2 unspecified atom stereocenters. The molecule has 3 rings (SSSR count). The monoisotopic (exact) mass is 386 g/mol. The minimum atomic E-state index is -4.72. The molecule has 0 amide bonds. The first-order valence-electron chi connectivity index (χ1n) is 8.21. The number of ether oxygens (including phenoxy) is 2. The molecular weight excluding hydrogens is 369 g/mol. The fraction of sp³-hybridized carbons (Fsp3) is 0.438. The van der Waals surface area contributed by atoms with Gasteiger partial charge in [-0.2, -0.15) is 0 Å². The van der Waals surface area contributed by atoms with Crippen LogP contribution in [0.15, 0.2) is 30.5 Å². The lowest BCUT2D eigenvalue weighted by Crippen LogP contribution is -2.48. The molecular formula is C16H17F3N4O4. The minimum absolute atomic E-state index is 0.137. The van der Waals surface area contributed by atoms with Crippen LogP contribution in [-0.2, 0) is 13.1 Å². The van der Waals surface area contributed by atoms with E-state index in [1.165, 1.54) is 30.5 Å². The van der Waals surface area contributed by atoms with E-state index in [1.807, 2.05) is 6.92 Å². The Labute approximate surface area is 152 Å². The lowest BCUT2D eigenvalue weighted by atomic mass is 10.1. The zero-order chi connectivity index (χ0) is 19.6. The predicted octanol–water partition coefficient (Wildman–Crippen LogP) is 3.02. The third-order valence-electron chi connectivity index (χ3n) is 4.14. The Hall–Kier alpha value is -2.82. The SMILES string of the molecule is CCC1Oc2nc([N+](=O)[O-])cn2CC1NCc1ccc(OC(F)(F)F)cc1. The lowest BCUT2D eigenvalue weighted by Gasteiger charge is -2.31. The number of rotatable bonds is 6. The Morgan fingerprint density at radius 1 is 1.41 bits per heavy atom. The molecule has 0 bridgehead atoms. The summed E-state index contributed by atoms with van der Waals surface area (Å²) in [6, 6.07) is 5.63. The summed E-state index contributed by atoms with van der Waals surface area (Å²) in [5.74, 6) is -0.560. The van der Waals surface area contributed by atoms with Crippen molar-refractivity contribution in [3.05, 3.63) is 46.1 Å². The molecule has 2 atom stereocenters. The number of benzene rings is 1. The summed E-state index contributed by atoms with van der Waals surface area (Å²) in [4.78, 5) is 14.1. The molecule has 1 N–H and O–H groups in total. The van der Waals surface area contributed by atoms with Crippen molar-refractivity contribution in [3.63, 3.8) is 0 Å². The van der Waals surface area contributed by atoms with E-state index in [4.69, 9.17) is 4.74 Å². The molecule has 1 aliphatic rings. The van der Waals surface area contributed by atoms with Gasteiger partial charge in [0.15, 0.2) is 0 Å². The Balaban J connectivity index is 1.63. The van der Waals surface area contributed by atoms with Crippen LogP contribution in [0.25, 0.3) is 0 Å². The molecule has 0 radical (unpaired) electrons. The van der Waals surface area contributed by atoms with E-state index in [0.29, 0.717) is 19.5 Å². The van der Waals surface area contributed by atoms with Crippen LogP contribution < -0.4 is 14.8 Å². The van der Waals surface area contributed by atoms with Crippen molar-refractivity contribution >= 4 is 5.82 Å². The van der Waals surface area contributed by atoms with Crippen molar-refractivity contribution in [2.75, 3.05) is 0 Å². The number of halogens is 3. The van der Waals surface area contributed by atoms with Crippen LogP contribution in [0.5, 0.6) is 11.8 Å². The van der Waals surface area contributed by atoms with Gasteiger partial charge in [-0.3, -0.25) is 4.57 Å². The zero-order valence-electron chi connectivity index (χ0n) is 14.3. The fourth-order valence-electron chi connectivity index (χ4n) is 2.87. The summed E-state index contributed by atoms with van der Waals surface area (Å²) in [6.45, 7) is 2.75. The summed E-state index contributed by atoms with van der Waals surface area (Å²) in [7, 11) is 0. The van der Waals surface area contributed by atoms with Gasteiger partial charge in [0.2, 0.25) is 0 Å². The second kappa shape index (κ2) is 7.43. The molecule has 0 saturated carbocycles. The minimum Gasteiger partial charge on any atom is -0.441 e. The van der Waals surface area contributed by atoms with Crippen LogP contribution in [0.1, 0.15) is 18.9 Å². The van der Waals surface area contributed by atoms with E-state index < -0.39 is 11.3 Å². The van der Waals surface area contributed by atoms with Crippen LogP contribution in [0.4, 0.5) is 19.0 Å². The average molecular weight is 386 g/mol. The number of hydrogen-bond donors (Lipinski definition) is 1. The molecule has 0 aliphatic carbocycles. The van der Waals surface area contributed by atoms with Crippen molar-refractivity contribution in [1.82, 2.24) is 14.9 Å². The van der Waals surface area contributed by atoms with Crippen molar-refractivity contribution in [1.29, 1.82) is 0 Å². The first-order chi connectivity index (χ1) is 12.7. The topological polar surface area (TPSA) is 91.5 Å². The first-order valence-corrected chi connectivity index (χ1v) is 8.21. The van der Waals surface area contributed by atoms with E-state index in [9.17, 15) is 23.3 Å². The largest absolute Gasteiger partial charge is 0.573 e. The predicted molar refractivity (Wildman–Crippen MR) is 87.3 cm³/mol. The van der Waals surface area contributed by atoms with Gasteiger partial charge in [0.1, 0.15) is 18.1 Å². The molecule has 8 nitrogen and oxygen atoms in total. The highest BCUT2D eigenvalue weighted by Gasteiger charge is 2.34. The van der Waals surface area contributed by atoms with E-state index in [-0.39, 0.29) is 29.7 Å². The van der Waals surface area contributed by atoms with Crippen molar-refractivity contribution in [3.8, 4) is 11.8 Å². The highest BCUT2D eigenvalue weighted by molar-refractivity contribution is 5.27. The Morgan fingerprint density at radius 3 is 2.70 bits per heavy atom. The highest BCUT2D eigenvalue weighted by Crippen LogP contribution is 2.26. The van der Waals surface area contributed by atoms with Crippen molar-refractivity contribution < 1.29 is 27.6 Å². The van der Waals surface area contributed by atoms with Crippen LogP contribution in [0.3, 0.4) is 0 Å². The summed E-state index contributed by atoms with van der Waals surface area (Å²) in [5.41, 5.74) is 0.766. The van der Waals surface area contributed by atoms with E-state index >= 15 is 0 Å². The molecule has 2 aromatic rings. The number of nitrogens with one attached hydrogen (secondary N) is 1. The number of alkyl halides is 3. The van der Waals surface area contributed by atoms with Gasteiger partial charge >= 0.3 is 18.2 Å². The molecule has 0 saturated heterocycles. The maximum absolute atomic E-state index is 12.2. The third-order valence-corrected chi connectivity index (χ3v) is 4.14. The van der Waals surface area contributed by atoms with E-state index in [1.54, 1.807) is 4.57 Å². The second-order valence-electron chi connectivity index (χ2n) is 6.03. The van der Waals surface area contributed by atoms with Crippen LogP contribution in [0, 0.1) is 10.1 Å². The Kier molecular flexibility index (Phi) is 5.22. The Morgan fingerprint density at radius 2 is 2.11 bits per heavy atom. The van der Waals surface area contributed by atoms with Crippen molar-refractivity contribution in [2.45, 2.75) is 44.9 Å². The average Bonchev–Trinajstić information content (AvgIpc) is 3.02. The van der Waals surface area contributed by atoms with E-state index in [2.05, 4.69) is 15.0 Å². The maximum atomic E-state index is 12.2. The number of fused-ring (bicyclic) bond motifs is 1. The third kappa shape index (κ3) is 4.67. The second-order valence-corrected chi connectivity index (χ2v) is 6.03. The smallest absolute Gasteiger partial charge is 0.441 e. The lowest BCUT2D eigenvalue weighted by molar-refractivity contribution is -0.389. The first kappa shape index (κ1) is 19.0. The van der Waals surface area contributed by atoms with Gasteiger partial charge in [0.25, 0.3) is 0 Å². The molecule has 27 heavy (non-hydrogen) atoms. The Bertz CT molecular complexity index is 807. The number of imidazole rings is 1. The zero-order valence-corrected chi connectivity index (χ0v) is 14.3. The van der Waals surface area contributed by atoms with Gasteiger partial charge in [-0.25, -0.2) is 0 Å². The van der Waals surface area contributed by atoms with Crippen LogP contribution >= 0.6 is 0 Å². The molecule has 1 aliphatic heterocycles. The number of nitrogens with zero attached hydrogens (tertiary/aromatic N) is 3.